The topological polar surface area (TPSA) is 60.0 Å². The van der Waals surface area contributed by atoms with E-state index in [4.69, 9.17) is 5.84 Å². The number of rotatable bonds is 2. The van der Waals surface area contributed by atoms with Crippen LogP contribution in [0.25, 0.3) is 10.9 Å². The van der Waals surface area contributed by atoms with Gasteiger partial charge in [-0.1, -0.05) is 0 Å². The van der Waals surface area contributed by atoms with Crippen LogP contribution in [0.2, 0.25) is 0 Å². The summed E-state index contributed by atoms with van der Waals surface area (Å²) in [6, 6.07) is 5.00. The van der Waals surface area contributed by atoms with Crippen molar-refractivity contribution in [1.29, 1.82) is 0 Å². The van der Waals surface area contributed by atoms with Gasteiger partial charge in [0.05, 0.1) is 0 Å². The number of hydrogen-bond donors (Lipinski definition) is 2. The zero-order valence-corrected chi connectivity index (χ0v) is 13.9. The van der Waals surface area contributed by atoms with E-state index in [9.17, 15) is 4.79 Å². The number of aromatic nitrogens is 1. The fourth-order valence-electron chi connectivity index (χ4n) is 3.78. The molecule has 1 unspecified atom stereocenters. The summed E-state index contributed by atoms with van der Waals surface area (Å²) in [6.07, 6.45) is 2.60. The van der Waals surface area contributed by atoms with Gasteiger partial charge in [0.25, 0.3) is 0 Å². The summed E-state index contributed by atoms with van der Waals surface area (Å²) in [5.74, 6) is 5.28. The molecule has 0 spiro atoms. The second-order valence-electron chi connectivity index (χ2n) is 6.79. The monoisotopic (exact) mass is 299 g/mol. The van der Waals surface area contributed by atoms with Gasteiger partial charge in [0.1, 0.15) is 0 Å². The van der Waals surface area contributed by atoms with Crippen LogP contribution < -0.4 is 11.3 Å². The Hall–Kier alpha value is -1.81. The summed E-state index contributed by atoms with van der Waals surface area (Å²) < 4.78 is 2.45. The average molecular weight is 299 g/mol. The lowest BCUT2D eigenvalue weighted by molar-refractivity contribution is -0.125. The van der Waals surface area contributed by atoms with Crippen LogP contribution in [0.15, 0.2) is 12.1 Å². The van der Waals surface area contributed by atoms with E-state index in [1.165, 1.54) is 33.3 Å². The van der Waals surface area contributed by atoms with Crippen molar-refractivity contribution in [3.05, 3.63) is 34.5 Å². The van der Waals surface area contributed by atoms with Crippen LogP contribution >= 0.6 is 0 Å². The predicted octanol–water partition coefficient (Wildman–Crippen LogP) is 2.93. The minimum Gasteiger partial charge on any atom is -0.342 e. The SMILES string of the molecule is Cc1cc2c3c(n(C(C)C)c2cc1C)CCC(C(=O)NN)C3. The standard InChI is InChI=1S/C18H25N3O/c1-10(2)21-16-6-5-13(18(22)20-19)9-15(16)14-7-11(3)12(4)8-17(14)21/h7-8,10,13H,5-6,9,19H2,1-4H3,(H,20,22). The fourth-order valence-corrected chi connectivity index (χ4v) is 3.78. The minimum atomic E-state index is -0.0417. The lowest BCUT2D eigenvalue weighted by Gasteiger charge is -2.24. The van der Waals surface area contributed by atoms with E-state index in [1.54, 1.807) is 0 Å². The molecule has 118 valence electrons. The number of hydrogen-bond acceptors (Lipinski definition) is 2. The second kappa shape index (κ2) is 5.43. The summed E-state index contributed by atoms with van der Waals surface area (Å²) >= 11 is 0. The van der Waals surface area contributed by atoms with Gasteiger partial charge in [0, 0.05) is 28.6 Å². The first-order valence-corrected chi connectivity index (χ1v) is 8.07. The Labute approximate surface area is 131 Å². The molecule has 0 saturated carbocycles. The van der Waals surface area contributed by atoms with Gasteiger partial charge in [-0.05, 0) is 75.8 Å². The number of hydrazine groups is 1. The van der Waals surface area contributed by atoms with Gasteiger partial charge in [-0.15, -0.1) is 0 Å². The predicted molar refractivity (Wildman–Crippen MR) is 89.6 cm³/mol. The molecule has 0 radical (unpaired) electrons. The van der Waals surface area contributed by atoms with Crippen LogP contribution in [0.3, 0.4) is 0 Å². The molecule has 0 saturated heterocycles. The molecule has 1 heterocycles. The van der Waals surface area contributed by atoms with Crippen molar-refractivity contribution in [2.24, 2.45) is 11.8 Å². The number of nitrogens with zero attached hydrogens (tertiary/aromatic N) is 1. The maximum Gasteiger partial charge on any atom is 0.237 e. The minimum absolute atomic E-state index is 0.00896. The van der Waals surface area contributed by atoms with Crippen LogP contribution in [-0.2, 0) is 17.6 Å². The molecule has 1 aromatic carbocycles. The summed E-state index contributed by atoms with van der Waals surface area (Å²) in [4.78, 5) is 11.9. The van der Waals surface area contributed by atoms with E-state index in [0.29, 0.717) is 6.04 Å². The molecule has 1 amide bonds. The van der Waals surface area contributed by atoms with Crippen molar-refractivity contribution in [2.75, 3.05) is 0 Å². The largest absolute Gasteiger partial charge is 0.342 e. The third-order valence-corrected chi connectivity index (χ3v) is 5.05. The Morgan fingerprint density at radius 2 is 2.00 bits per heavy atom. The molecule has 1 aliphatic carbocycles. The lowest BCUT2D eigenvalue weighted by Crippen LogP contribution is -2.38. The van der Waals surface area contributed by atoms with Crippen molar-refractivity contribution in [1.82, 2.24) is 9.99 Å². The zero-order valence-electron chi connectivity index (χ0n) is 13.9. The summed E-state index contributed by atoms with van der Waals surface area (Å²) in [5, 5.41) is 1.31. The number of carbonyl (C=O) groups is 1. The third-order valence-electron chi connectivity index (χ3n) is 5.05. The molecule has 1 aromatic heterocycles. The number of nitrogens with one attached hydrogen (secondary N) is 1. The molecule has 1 atom stereocenters. The molecule has 2 aromatic rings. The Balaban J connectivity index is 2.21. The van der Waals surface area contributed by atoms with Crippen LogP contribution in [0, 0.1) is 19.8 Å². The molecular formula is C18H25N3O. The molecule has 0 aliphatic heterocycles. The van der Waals surface area contributed by atoms with E-state index in [1.807, 2.05) is 0 Å². The quantitative estimate of drug-likeness (QED) is 0.509. The first-order valence-electron chi connectivity index (χ1n) is 8.07. The van der Waals surface area contributed by atoms with E-state index in [-0.39, 0.29) is 11.8 Å². The fraction of sp³-hybridized carbons (Fsp3) is 0.500. The van der Waals surface area contributed by atoms with Crippen molar-refractivity contribution >= 4 is 16.8 Å². The van der Waals surface area contributed by atoms with E-state index >= 15 is 0 Å². The van der Waals surface area contributed by atoms with Gasteiger partial charge in [0.2, 0.25) is 5.91 Å². The first kappa shape index (κ1) is 15.1. The molecule has 3 N–H and O–H groups in total. The number of carbonyl (C=O) groups excluding carboxylic acids is 1. The van der Waals surface area contributed by atoms with Gasteiger partial charge in [-0.25, -0.2) is 5.84 Å². The van der Waals surface area contributed by atoms with E-state index in [2.05, 4.69) is 49.8 Å². The van der Waals surface area contributed by atoms with Crippen molar-refractivity contribution in [2.45, 2.75) is 53.0 Å². The smallest absolute Gasteiger partial charge is 0.237 e. The van der Waals surface area contributed by atoms with Gasteiger partial charge < -0.3 is 4.57 Å². The number of benzene rings is 1. The summed E-state index contributed by atoms with van der Waals surface area (Å²) in [7, 11) is 0. The van der Waals surface area contributed by atoms with Gasteiger partial charge in [-0.2, -0.15) is 0 Å². The Morgan fingerprint density at radius 1 is 1.32 bits per heavy atom. The number of aryl methyl sites for hydroxylation is 2. The normalized spacial score (nSPS) is 17.8. The number of amides is 1. The van der Waals surface area contributed by atoms with Crippen molar-refractivity contribution < 1.29 is 4.79 Å². The molecule has 22 heavy (non-hydrogen) atoms. The van der Waals surface area contributed by atoms with Gasteiger partial charge in [0.15, 0.2) is 0 Å². The molecule has 0 bridgehead atoms. The van der Waals surface area contributed by atoms with E-state index in [0.717, 1.165) is 19.3 Å². The van der Waals surface area contributed by atoms with Crippen LogP contribution in [0.4, 0.5) is 0 Å². The van der Waals surface area contributed by atoms with Crippen molar-refractivity contribution in [3.8, 4) is 0 Å². The molecule has 4 nitrogen and oxygen atoms in total. The zero-order chi connectivity index (χ0) is 16.0. The molecular weight excluding hydrogens is 274 g/mol. The molecule has 0 fully saturated rings. The van der Waals surface area contributed by atoms with Crippen LogP contribution in [0.5, 0.6) is 0 Å². The van der Waals surface area contributed by atoms with Crippen LogP contribution in [0.1, 0.15) is 48.7 Å². The first-order chi connectivity index (χ1) is 10.4. The number of nitrogens with two attached hydrogens (primary N) is 1. The average Bonchev–Trinajstić information content (AvgIpc) is 2.80. The Bertz CT molecular complexity index is 743. The van der Waals surface area contributed by atoms with Gasteiger partial charge in [-0.3, -0.25) is 10.2 Å². The summed E-state index contributed by atoms with van der Waals surface area (Å²) in [6.45, 7) is 8.78. The Kier molecular flexibility index (Phi) is 3.73. The highest BCUT2D eigenvalue weighted by molar-refractivity contribution is 5.89. The second-order valence-corrected chi connectivity index (χ2v) is 6.79. The maximum atomic E-state index is 11.9. The lowest BCUT2D eigenvalue weighted by atomic mass is 9.85. The van der Waals surface area contributed by atoms with Crippen LogP contribution in [-0.4, -0.2) is 10.5 Å². The molecule has 3 rings (SSSR count). The number of fused-ring (bicyclic) bond motifs is 3. The highest BCUT2D eigenvalue weighted by Crippen LogP contribution is 2.37. The van der Waals surface area contributed by atoms with Gasteiger partial charge >= 0.3 is 0 Å². The highest BCUT2D eigenvalue weighted by atomic mass is 16.2. The third kappa shape index (κ3) is 2.22. The summed E-state index contributed by atoms with van der Waals surface area (Å²) in [5.41, 5.74) is 8.99. The Morgan fingerprint density at radius 3 is 2.64 bits per heavy atom. The molecule has 4 heteroatoms. The van der Waals surface area contributed by atoms with E-state index < -0.39 is 0 Å². The molecule has 1 aliphatic rings. The van der Waals surface area contributed by atoms with Crippen molar-refractivity contribution in [3.63, 3.8) is 0 Å². The maximum absolute atomic E-state index is 11.9. The highest BCUT2D eigenvalue weighted by Gasteiger charge is 2.29.